The lowest BCUT2D eigenvalue weighted by Crippen LogP contribution is -2.51. The first kappa shape index (κ1) is 18.7. The highest BCUT2D eigenvalue weighted by atomic mass is 16.2. The van der Waals surface area contributed by atoms with E-state index in [0.29, 0.717) is 17.9 Å². The maximum absolute atomic E-state index is 13.8. The van der Waals surface area contributed by atoms with Crippen molar-refractivity contribution in [2.75, 3.05) is 6.54 Å². The van der Waals surface area contributed by atoms with E-state index in [-0.39, 0.29) is 16.2 Å². The minimum absolute atomic E-state index is 0.134. The molecule has 4 atom stereocenters. The van der Waals surface area contributed by atoms with E-state index in [1.54, 1.807) is 0 Å². The molecule has 0 aromatic heterocycles. The Morgan fingerprint density at radius 2 is 1.82 bits per heavy atom. The van der Waals surface area contributed by atoms with Gasteiger partial charge in [0, 0.05) is 6.04 Å². The van der Waals surface area contributed by atoms with Crippen molar-refractivity contribution in [1.29, 1.82) is 0 Å². The van der Waals surface area contributed by atoms with Crippen molar-refractivity contribution in [2.45, 2.75) is 82.6 Å². The zero-order chi connectivity index (χ0) is 19.4. The highest BCUT2D eigenvalue weighted by Crippen LogP contribution is 2.77. The van der Waals surface area contributed by atoms with Crippen LogP contribution in [-0.4, -0.2) is 18.5 Å². The van der Waals surface area contributed by atoms with E-state index in [9.17, 15) is 4.79 Å². The molecule has 1 aromatic carbocycles. The van der Waals surface area contributed by atoms with E-state index < -0.39 is 0 Å². The van der Waals surface area contributed by atoms with Crippen molar-refractivity contribution >= 4 is 5.91 Å². The molecule has 6 rings (SSSR count). The Hall–Kier alpha value is -1.35. The van der Waals surface area contributed by atoms with Crippen LogP contribution in [0.5, 0.6) is 0 Å². The fourth-order valence-corrected chi connectivity index (χ4v) is 8.16. The first-order valence-corrected chi connectivity index (χ1v) is 11.6. The van der Waals surface area contributed by atoms with Gasteiger partial charge >= 0.3 is 0 Å². The number of hydrogen-bond donors (Lipinski definition) is 2. The second-order valence-corrected chi connectivity index (χ2v) is 10.6. The molecule has 4 unspecified atom stereocenters. The highest BCUT2D eigenvalue weighted by molar-refractivity contribution is 5.85. The van der Waals surface area contributed by atoms with E-state index in [0.717, 1.165) is 44.6 Å². The van der Waals surface area contributed by atoms with Gasteiger partial charge in [-0.05, 0) is 99.0 Å². The summed E-state index contributed by atoms with van der Waals surface area (Å²) in [6.45, 7) is 3.13. The molecule has 5 aliphatic carbocycles. The Morgan fingerprint density at radius 3 is 2.50 bits per heavy atom. The number of amides is 1. The van der Waals surface area contributed by atoms with Crippen LogP contribution >= 0.6 is 0 Å². The summed E-state index contributed by atoms with van der Waals surface area (Å²) in [5.41, 5.74) is 7.65. The predicted molar refractivity (Wildman–Crippen MR) is 113 cm³/mol. The van der Waals surface area contributed by atoms with Gasteiger partial charge in [0.1, 0.15) is 0 Å². The molecule has 1 aromatic rings. The van der Waals surface area contributed by atoms with Crippen molar-refractivity contribution in [2.24, 2.45) is 28.4 Å². The first-order chi connectivity index (χ1) is 13.5. The molecule has 0 radical (unpaired) electrons. The fourth-order valence-electron chi connectivity index (χ4n) is 8.16. The molecule has 5 saturated carbocycles. The molecule has 5 aliphatic rings. The van der Waals surface area contributed by atoms with E-state index in [1.807, 2.05) is 0 Å². The minimum atomic E-state index is -0.134. The fraction of sp³-hybridized carbons (Fsp3) is 0.720. The summed E-state index contributed by atoms with van der Waals surface area (Å²) in [6.07, 6.45) is 11.7. The van der Waals surface area contributed by atoms with E-state index in [2.05, 4.69) is 42.6 Å². The molecule has 1 amide bonds. The number of hydrogen-bond acceptors (Lipinski definition) is 2. The van der Waals surface area contributed by atoms with Gasteiger partial charge in [0.15, 0.2) is 0 Å². The summed E-state index contributed by atoms with van der Waals surface area (Å²) < 4.78 is 0. The molecule has 152 valence electrons. The summed E-state index contributed by atoms with van der Waals surface area (Å²) >= 11 is 0. The van der Waals surface area contributed by atoms with E-state index >= 15 is 0 Å². The maximum atomic E-state index is 13.8. The standard InChI is InChI=1S/C25H36N2O/c1-2-24-13-19-12-23(16-24,20-6-4-3-5-7-20)17-25(24,14-19)22(28)27-21-10-8-18(15-26)9-11-21/h3-7,18-19,21H,2,8-17,26H2,1H3,(H,27,28)/t18-,19?,21-,23?,24?,25?. The van der Waals surface area contributed by atoms with Crippen LogP contribution in [0.2, 0.25) is 0 Å². The first-order valence-electron chi connectivity index (χ1n) is 11.6. The molecular formula is C25H36N2O. The quantitative estimate of drug-likeness (QED) is 0.787. The summed E-state index contributed by atoms with van der Waals surface area (Å²) in [5.74, 6) is 1.78. The molecule has 0 aliphatic heterocycles. The number of carbonyl (C=O) groups is 1. The van der Waals surface area contributed by atoms with Crippen LogP contribution in [0.1, 0.15) is 76.7 Å². The molecule has 3 heteroatoms. The van der Waals surface area contributed by atoms with Crippen molar-refractivity contribution < 1.29 is 4.79 Å². The second kappa shape index (κ2) is 6.58. The lowest BCUT2D eigenvalue weighted by molar-refractivity contribution is -0.137. The van der Waals surface area contributed by atoms with Crippen molar-refractivity contribution in [1.82, 2.24) is 5.32 Å². The number of carbonyl (C=O) groups excluding carboxylic acids is 1. The number of benzene rings is 1. The van der Waals surface area contributed by atoms with E-state index in [4.69, 9.17) is 5.73 Å². The van der Waals surface area contributed by atoms with Crippen molar-refractivity contribution in [3.05, 3.63) is 35.9 Å². The van der Waals surface area contributed by atoms with Crippen LogP contribution in [-0.2, 0) is 10.2 Å². The molecule has 0 heterocycles. The molecule has 28 heavy (non-hydrogen) atoms. The summed E-state index contributed by atoms with van der Waals surface area (Å²) in [4.78, 5) is 13.8. The van der Waals surface area contributed by atoms with Crippen LogP contribution in [0.3, 0.4) is 0 Å². The number of nitrogens with one attached hydrogen (secondary N) is 1. The zero-order valence-electron chi connectivity index (χ0n) is 17.4. The monoisotopic (exact) mass is 380 g/mol. The van der Waals surface area contributed by atoms with Gasteiger partial charge in [-0.3, -0.25) is 4.79 Å². The smallest absolute Gasteiger partial charge is 0.227 e. The Balaban J connectivity index is 1.41. The summed E-state index contributed by atoms with van der Waals surface area (Å²) in [6, 6.07) is 11.5. The van der Waals surface area contributed by atoms with Crippen LogP contribution < -0.4 is 11.1 Å². The second-order valence-electron chi connectivity index (χ2n) is 10.6. The normalized spacial score (nSPS) is 44.0. The molecular weight excluding hydrogens is 344 g/mol. The molecule has 4 bridgehead atoms. The third kappa shape index (κ3) is 2.54. The predicted octanol–water partition coefficient (Wildman–Crippen LogP) is 4.55. The third-order valence-corrected chi connectivity index (χ3v) is 9.34. The Bertz CT molecular complexity index is 740. The van der Waals surface area contributed by atoms with E-state index in [1.165, 1.54) is 37.7 Å². The summed E-state index contributed by atoms with van der Waals surface area (Å²) in [5, 5.41) is 3.56. The van der Waals surface area contributed by atoms with Crippen LogP contribution in [0, 0.1) is 22.7 Å². The van der Waals surface area contributed by atoms with Crippen LogP contribution in [0.4, 0.5) is 0 Å². The lowest BCUT2D eigenvalue weighted by atomic mass is 9.63. The SMILES string of the molecule is CCC12CC3CC(c4ccccc4)(C1)CC2(C(=O)N[C@H]1CC[C@H](CN)CC1)C3. The third-order valence-electron chi connectivity index (χ3n) is 9.34. The highest BCUT2D eigenvalue weighted by Gasteiger charge is 2.73. The van der Waals surface area contributed by atoms with Crippen molar-refractivity contribution in [3.63, 3.8) is 0 Å². The maximum Gasteiger partial charge on any atom is 0.227 e. The van der Waals surface area contributed by atoms with Gasteiger partial charge in [0.05, 0.1) is 5.41 Å². The molecule has 0 spiro atoms. The molecule has 3 N–H and O–H groups in total. The molecule has 3 nitrogen and oxygen atoms in total. The average molecular weight is 381 g/mol. The van der Waals surface area contributed by atoms with Gasteiger partial charge in [0.2, 0.25) is 5.91 Å². The lowest BCUT2D eigenvalue weighted by Gasteiger charge is -2.41. The minimum Gasteiger partial charge on any atom is -0.353 e. The number of rotatable bonds is 5. The zero-order valence-corrected chi connectivity index (χ0v) is 17.4. The van der Waals surface area contributed by atoms with Crippen LogP contribution in [0.15, 0.2) is 30.3 Å². The Labute approximate surface area is 169 Å². The Morgan fingerprint density at radius 1 is 1.07 bits per heavy atom. The Kier molecular flexibility index (Phi) is 4.39. The van der Waals surface area contributed by atoms with Gasteiger partial charge in [-0.25, -0.2) is 0 Å². The van der Waals surface area contributed by atoms with Gasteiger partial charge in [-0.1, -0.05) is 37.3 Å². The van der Waals surface area contributed by atoms with Crippen LogP contribution in [0.25, 0.3) is 0 Å². The van der Waals surface area contributed by atoms with Crippen molar-refractivity contribution in [3.8, 4) is 0 Å². The number of nitrogens with two attached hydrogens (primary N) is 1. The van der Waals surface area contributed by atoms with Gasteiger partial charge in [-0.2, -0.15) is 0 Å². The largest absolute Gasteiger partial charge is 0.353 e. The summed E-state index contributed by atoms with van der Waals surface area (Å²) in [7, 11) is 0. The van der Waals surface area contributed by atoms with Gasteiger partial charge in [-0.15, -0.1) is 0 Å². The average Bonchev–Trinajstić information content (AvgIpc) is 3.09. The van der Waals surface area contributed by atoms with Gasteiger partial charge in [0.25, 0.3) is 0 Å². The topological polar surface area (TPSA) is 55.1 Å². The molecule has 5 fully saturated rings. The van der Waals surface area contributed by atoms with Gasteiger partial charge < -0.3 is 11.1 Å². The molecule has 0 saturated heterocycles.